The van der Waals surface area contributed by atoms with E-state index in [1.54, 1.807) is 6.07 Å². The van der Waals surface area contributed by atoms with Gasteiger partial charge in [-0.2, -0.15) is 0 Å². The lowest BCUT2D eigenvalue weighted by molar-refractivity contribution is 0.630. The van der Waals surface area contributed by atoms with Gasteiger partial charge in [0.05, 0.1) is 10.5 Å². The molecule has 1 nitrogen and oxygen atoms in total. The largest absolute Gasteiger partial charge is 0.282 e. The first kappa shape index (κ1) is 9.61. The third-order valence-corrected chi connectivity index (χ3v) is 3.80. The Bertz CT molecular complexity index is 457. The molecule has 0 amide bonds. The van der Waals surface area contributed by atoms with Crippen molar-refractivity contribution in [2.75, 3.05) is 0 Å². The molecule has 0 bridgehead atoms. The van der Waals surface area contributed by atoms with Crippen LogP contribution >= 0.6 is 41.9 Å². The molecule has 0 aliphatic rings. The van der Waals surface area contributed by atoms with Gasteiger partial charge in [-0.05, 0) is 18.2 Å². The van der Waals surface area contributed by atoms with E-state index in [0.29, 0.717) is 0 Å². The number of benzene rings is 1. The summed E-state index contributed by atoms with van der Waals surface area (Å²) >= 11 is 7.83. The van der Waals surface area contributed by atoms with Crippen LogP contribution in [-0.4, -0.2) is 3.97 Å². The summed E-state index contributed by atoms with van der Waals surface area (Å²) in [5.74, 6) is -0.370. The van der Waals surface area contributed by atoms with Gasteiger partial charge in [0.2, 0.25) is 0 Å². The van der Waals surface area contributed by atoms with E-state index in [9.17, 15) is 4.39 Å². The molecule has 0 saturated carbocycles. The lowest BCUT2D eigenvalue weighted by Crippen LogP contribution is -1.81. The van der Waals surface area contributed by atoms with Crippen LogP contribution in [0.25, 0.3) is 10.9 Å². The number of nitrogens with zero attached hydrogens (tertiary/aromatic N) is 1. The van der Waals surface area contributed by atoms with Crippen LogP contribution in [0.1, 0.15) is 0 Å². The van der Waals surface area contributed by atoms with E-state index >= 15 is 0 Å². The molecule has 0 radical (unpaired) electrons. The van der Waals surface area contributed by atoms with Gasteiger partial charge >= 0.3 is 0 Å². The quantitative estimate of drug-likeness (QED) is 0.708. The lowest BCUT2D eigenvalue weighted by atomic mass is 10.2. The van der Waals surface area contributed by atoms with E-state index in [2.05, 4.69) is 21.2 Å². The molecule has 68 valence electrons. The van der Waals surface area contributed by atoms with Crippen LogP contribution < -0.4 is 0 Å². The highest BCUT2D eigenvalue weighted by atomic mass is 127. The molecule has 1 heterocycles. The van der Waals surface area contributed by atoms with Crippen LogP contribution in [-0.2, 0) is 0 Å². The molecule has 1 aromatic carbocycles. The van der Waals surface area contributed by atoms with Crippen LogP contribution in [0.2, 0.25) is 5.02 Å². The number of hydrogen-bond donors (Lipinski definition) is 0. The molecule has 0 aliphatic carbocycles. The predicted molar refractivity (Wildman–Crippen MR) is 63.9 cm³/mol. The van der Waals surface area contributed by atoms with Crippen molar-refractivity contribution in [3.8, 4) is 0 Å². The van der Waals surface area contributed by atoms with Gasteiger partial charge in [0.25, 0.3) is 0 Å². The Morgan fingerprint density at radius 2 is 2.23 bits per heavy atom. The molecule has 0 spiro atoms. The smallest absolute Gasteiger partial charge is 0.142 e. The molecular weight excluding hydrogens is 324 g/mol. The predicted octanol–water partition coefficient (Wildman–Crippen LogP) is 4.28. The summed E-state index contributed by atoms with van der Waals surface area (Å²) in [4.78, 5) is 0. The SMILES string of the molecule is Fc1cc2ccn(SI)c2cc1Cl. The number of halogens is 3. The minimum atomic E-state index is -0.370. The summed E-state index contributed by atoms with van der Waals surface area (Å²) in [6.07, 6.45) is 1.89. The third kappa shape index (κ3) is 1.67. The fraction of sp³-hybridized carbons (Fsp3) is 0. The number of rotatable bonds is 1. The molecule has 0 unspecified atom stereocenters. The average molecular weight is 328 g/mol. The Morgan fingerprint density at radius 1 is 1.46 bits per heavy atom. The molecule has 0 N–H and O–H groups in total. The van der Waals surface area contributed by atoms with E-state index in [1.165, 1.54) is 15.2 Å². The Morgan fingerprint density at radius 3 is 2.92 bits per heavy atom. The van der Waals surface area contributed by atoms with Crippen molar-refractivity contribution in [1.29, 1.82) is 0 Å². The van der Waals surface area contributed by atoms with Crippen molar-refractivity contribution in [3.05, 3.63) is 35.2 Å². The van der Waals surface area contributed by atoms with Crippen molar-refractivity contribution in [2.45, 2.75) is 0 Å². The normalized spacial score (nSPS) is 11.0. The van der Waals surface area contributed by atoms with Crippen molar-refractivity contribution >= 4 is 52.8 Å². The lowest BCUT2D eigenvalue weighted by Gasteiger charge is -1.99. The van der Waals surface area contributed by atoms with Gasteiger partial charge < -0.3 is 0 Å². The van der Waals surface area contributed by atoms with E-state index in [1.807, 2.05) is 16.2 Å². The van der Waals surface area contributed by atoms with E-state index in [4.69, 9.17) is 11.6 Å². The summed E-state index contributed by atoms with van der Waals surface area (Å²) < 4.78 is 14.9. The van der Waals surface area contributed by atoms with Crippen molar-refractivity contribution in [3.63, 3.8) is 0 Å². The van der Waals surface area contributed by atoms with Crippen LogP contribution in [0.5, 0.6) is 0 Å². The van der Waals surface area contributed by atoms with Gasteiger partial charge in [-0.1, -0.05) is 11.6 Å². The molecule has 5 heteroatoms. The fourth-order valence-corrected chi connectivity index (χ4v) is 2.69. The summed E-state index contributed by atoms with van der Waals surface area (Å²) in [6.45, 7) is 0. The highest BCUT2D eigenvalue weighted by molar-refractivity contribution is 14.2. The minimum absolute atomic E-state index is 0.165. The molecule has 0 atom stereocenters. The standard InChI is InChI=1S/C8H4ClFINS/c9-6-4-8-5(3-7(6)10)1-2-12(8)13-11/h1-4H. The second-order valence-electron chi connectivity index (χ2n) is 2.54. The van der Waals surface area contributed by atoms with Crippen LogP contribution in [0, 0.1) is 5.82 Å². The van der Waals surface area contributed by atoms with Gasteiger partial charge in [0.1, 0.15) is 5.82 Å². The van der Waals surface area contributed by atoms with E-state index < -0.39 is 0 Å². The minimum Gasteiger partial charge on any atom is -0.282 e. The molecule has 1 aromatic heterocycles. The topological polar surface area (TPSA) is 4.93 Å². The third-order valence-electron chi connectivity index (χ3n) is 1.77. The Balaban J connectivity index is 2.77. The summed E-state index contributed by atoms with van der Waals surface area (Å²) in [5.41, 5.74) is 0.936. The summed E-state index contributed by atoms with van der Waals surface area (Å²) in [6, 6.07) is 4.94. The van der Waals surface area contributed by atoms with Crippen molar-refractivity contribution in [1.82, 2.24) is 3.97 Å². The Hall–Kier alpha value is 0.0600. The maximum Gasteiger partial charge on any atom is 0.142 e. The monoisotopic (exact) mass is 327 g/mol. The molecule has 2 aromatic rings. The van der Waals surface area contributed by atoms with Gasteiger partial charge in [-0.25, -0.2) is 4.39 Å². The van der Waals surface area contributed by atoms with Crippen molar-refractivity contribution in [2.24, 2.45) is 0 Å². The molecule has 13 heavy (non-hydrogen) atoms. The highest BCUT2D eigenvalue weighted by Gasteiger charge is 2.05. The van der Waals surface area contributed by atoms with E-state index in [-0.39, 0.29) is 10.8 Å². The first-order valence-electron chi connectivity index (χ1n) is 3.47. The Labute approximate surface area is 96.0 Å². The van der Waals surface area contributed by atoms with Gasteiger partial charge in [-0.3, -0.25) is 3.97 Å². The average Bonchev–Trinajstić information content (AvgIpc) is 2.48. The van der Waals surface area contributed by atoms with Gasteiger partial charge in [0.15, 0.2) is 0 Å². The molecule has 0 fully saturated rings. The molecule has 0 aliphatic heterocycles. The van der Waals surface area contributed by atoms with Crippen molar-refractivity contribution < 1.29 is 4.39 Å². The van der Waals surface area contributed by atoms with E-state index in [0.717, 1.165) is 10.9 Å². The van der Waals surface area contributed by atoms with Crippen LogP contribution in [0.15, 0.2) is 24.4 Å². The first-order chi connectivity index (χ1) is 6.22. The Kier molecular flexibility index (Phi) is 2.71. The molecular formula is C8H4ClFINS. The first-order valence-corrected chi connectivity index (χ1v) is 7.17. The highest BCUT2D eigenvalue weighted by Crippen LogP contribution is 2.28. The van der Waals surface area contributed by atoms with Crippen LogP contribution in [0.4, 0.5) is 4.39 Å². The fourth-order valence-electron chi connectivity index (χ4n) is 1.16. The van der Waals surface area contributed by atoms with Gasteiger partial charge in [0, 0.05) is 41.9 Å². The maximum absolute atomic E-state index is 13.0. The zero-order chi connectivity index (χ0) is 9.42. The number of hydrogen-bond acceptors (Lipinski definition) is 1. The number of aromatic nitrogens is 1. The second kappa shape index (κ2) is 3.67. The molecule has 2 rings (SSSR count). The zero-order valence-electron chi connectivity index (χ0n) is 6.30. The maximum atomic E-state index is 13.0. The van der Waals surface area contributed by atoms with Crippen LogP contribution in [0.3, 0.4) is 0 Å². The molecule has 0 saturated heterocycles. The van der Waals surface area contributed by atoms with Gasteiger partial charge in [-0.15, -0.1) is 0 Å². The summed E-state index contributed by atoms with van der Waals surface area (Å²) in [5, 5.41) is 1.03. The summed E-state index contributed by atoms with van der Waals surface area (Å²) in [7, 11) is 1.53. The zero-order valence-corrected chi connectivity index (χ0v) is 10.0. The number of fused-ring (bicyclic) bond motifs is 1. The second-order valence-corrected chi connectivity index (χ2v) is 4.66.